The van der Waals surface area contributed by atoms with E-state index in [1.54, 1.807) is 28.8 Å². The number of imidazole rings is 1. The normalized spacial score (nSPS) is 26.3. The van der Waals surface area contributed by atoms with Crippen molar-refractivity contribution in [3.8, 4) is 0 Å². The van der Waals surface area contributed by atoms with E-state index in [0.29, 0.717) is 29.2 Å². The molecule has 44 heavy (non-hydrogen) atoms. The van der Waals surface area contributed by atoms with Crippen molar-refractivity contribution in [2.24, 2.45) is 5.92 Å². The molecule has 1 aromatic carbocycles. The molecule has 0 bridgehead atoms. The smallest absolute Gasteiger partial charge is 0.324 e. The number of nitrogens with zero attached hydrogens (tertiary/aromatic N) is 4. The molecule has 4 heterocycles. The molecule has 0 spiro atoms. The van der Waals surface area contributed by atoms with E-state index in [9.17, 15) is 18.0 Å². The van der Waals surface area contributed by atoms with Crippen molar-refractivity contribution in [1.82, 2.24) is 29.0 Å². The molecule has 3 amide bonds. The molecule has 3 aliphatic rings. The van der Waals surface area contributed by atoms with Gasteiger partial charge in [-0.1, -0.05) is 43.4 Å². The van der Waals surface area contributed by atoms with Crippen molar-refractivity contribution < 1.29 is 32.2 Å². The summed E-state index contributed by atoms with van der Waals surface area (Å²) in [5.41, 5.74) is 2.36. The van der Waals surface area contributed by atoms with Gasteiger partial charge in [-0.2, -0.15) is 13.1 Å². The Morgan fingerprint density at radius 2 is 1.84 bits per heavy atom. The van der Waals surface area contributed by atoms with E-state index in [2.05, 4.69) is 55.5 Å². The first-order valence-corrected chi connectivity index (χ1v) is 15.6. The summed E-state index contributed by atoms with van der Waals surface area (Å²) in [4.78, 5) is 37.0. The molecule has 4 N–H and O–H groups in total. The average Bonchev–Trinajstić information content (AvgIpc) is 3.66. The van der Waals surface area contributed by atoms with E-state index in [0.717, 1.165) is 18.9 Å². The molecule has 6 rings (SSSR count). The Bertz CT molecular complexity index is 1710. The summed E-state index contributed by atoms with van der Waals surface area (Å²) in [7, 11) is -4.12. The number of carbonyl (C=O) groups excluding carboxylic acids is 2. The van der Waals surface area contributed by atoms with E-state index in [4.69, 9.17) is 14.2 Å². The van der Waals surface area contributed by atoms with Crippen LogP contribution in [0.25, 0.3) is 11.2 Å². The summed E-state index contributed by atoms with van der Waals surface area (Å²) >= 11 is 0. The number of allylic oxidation sites excluding steroid dienone is 3. The van der Waals surface area contributed by atoms with E-state index < -0.39 is 53.0 Å². The minimum absolute atomic E-state index is 0.183. The van der Waals surface area contributed by atoms with Crippen molar-refractivity contribution in [3.63, 3.8) is 0 Å². The van der Waals surface area contributed by atoms with Crippen LogP contribution in [0.15, 0.2) is 66.8 Å². The number of urea groups is 1. The van der Waals surface area contributed by atoms with Gasteiger partial charge in [0.15, 0.2) is 29.5 Å². The van der Waals surface area contributed by atoms with Crippen molar-refractivity contribution in [2.45, 2.75) is 57.5 Å². The summed E-state index contributed by atoms with van der Waals surface area (Å²) in [6.07, 6.45) is 7.12. The number of para-hydroxylation sites is 1. The monoisotopic (exact) mass is 624 g/mol. The Morgan fingerprint density at radius 1 is 1.05 bits per heavy atom. The van der Waals surface area contributed by atoms with Crippen LogP contribution in [-0.2, 0) is 29.2 Å². The fourth-order valence-electron chi connectivity index (χ4n) is 5.47. The maximum atomic E-state index is 12.7. The lowest BCUT2D eigenvalue weighted by Crippen LogP contribution is -2.45. The summed E-state index contributed by atoms with van der Waals surface area (Å²) in [5.74, 6) is -0.143. The molecule has 0 radical (unpaired) electrons. The molecule has 2 saturated heterocycles. The molecule has 2 aromatic heterocycles. The third-order valence-corrected chi connectivity index (χ3v) is 8.40. The predicted octanol–water partition coefficient (Wildman–Crippen LogP) is 2.36. The van der Waals surface area contributed by atoms with Crippen LogP contribution in [0.1, 0.15) is 32.9 Å². The minimum atomic E-state index is -4.12. The molecule has 16 heteroatoms. The summed E-state index contributed by atoms with van der Waals surface area (Å²) < 4.78 is 49.4. The number of nitrogens with one attached hydrogen (secondary N) is 4. The van der Waals surface area contributed by atoms with Crippen LogP contribution in [0.3, 0.4) is 0 Å². The Balaban J connectivity index is 1.24. The molecule has 232 valence electrons. The first-order valence-electron chi connectivity index (χ1n) is 14.1. The maximum Gasteiger partial charge on any atom is 0.324 e. The van der Waals surface area contributed by atoms with E-state index >= 15 is 0 Å². The van der Waals surface area contributed by atoms with Gasteiger partial charge >= 0.3 is 16.2 Å². The lowest BCUT2D eigenvalue weighted by atomic mass is 9.96. The van der Waals surface area contributed by atoms with Gasteiger partial charge in [0.05, 0.1) is 6.33 Å². The standard InChI is InChI=1S/C28H32N8O7S/c1-16-7-6-8-18(11-16)12-21-42-23-20(13-32-44(39,40)35-17(2)37)41-27(24(23)43-21)36-15-31-22-25(29-14-30-26(22)36)34-28(38)33-19-9-4-3-5-10-19/h3-6,8-11,14-16,20-21,23-24,27,32H,7,12-13H2,1-2H3,(H,35,37)(H2,29,30,33,34,38). The van der Waals surface area contributed by atoms with Gasteiger partial charge < -0.3 is 19.5 Å². The Morgan fingerprint density at radius 3 is 2.61 bits per heavy atom. The third-order valence-electron chi connectivity index (χ3n) is 7.29. The topological polar surface area (TPSA) is 188 Å². The highest BCUT2D eigenvalue weighted by Gasteiger charge is 2.54. The summed E-state index contributed by atoms with van der Waals surface area (Å²) in [5, 5.41) is 5.44. The Kier molecular flexibility index (Phi) is 8.42. The van der Waals surface area contributed by atoms with Crippen molar-refractivity contribution in [3.05, 3.63) is 66.8 Å². The zero-order valence-corrected chi connectivity index (χ0v) is 24.7. The molecule has 0 saturated carbocycles. The Labute approximate surface area is 253 Å². The van der Waals surface area contributed by atoms with Crippen molar-refractivity contribution in [2.75, 3.05) is 17.2 Å². The van der Waals surface area contributed by atoms with E-state index in [1.165, 1.54) is 12.7 Å². The van der Waals surface area contributed by atoms with Gasteiger partial charge in [0.1, 0.15) is 24.6 Å². The number of fused-ring (bicyclic) bond motifs is 2. The molecule has 2 fully saturated rings. The van der Waals surface area contributed by atoms with Crippen LogP contribution in [0.5, 0.6) is 0 Å². The quantitative estimate of drug-likeness (QED) is 0.275. The number of anilines is 2. The van der Waals surface area contributed by atoms with Gasteiger partial charge in [0.25, 0.3) is 0 Å². The van der Waals surface area contributed by atoms with Gasteiger partial charge in [-0.3, -0.25) is 14.7 Å². The highest BCUT2D eigenvalue weighted by molar-refractivity contribution is 7.88. The molecule has 15 nitrogen and oxygen atoms in total. The van der Waals surface area contributed by atoms with Gasteiger partial charge in [0, 0.05) is 25.6 Å². The minimum Gasteiger partial charge on any atom is -0.348 e. The van der Waals surface area contributed by atoms with Crippen LogP contribution in [-0.4, -0.2) is 71.0 Å². The number of hydrogen-bond donors (Lipinski definition) is 4. The second kappa shape index (κ2) is 12.4. The molecular formula is C28H32N8O7S. The molecule has 3 aromatic rings. The molecule has 2 aliphatic heterocycles. The molecule has 6 atom stereocenters. The number of aromatic nitrogens is 4. The van der Waals surface area contributed by atoms with Gasteiger partial charge in [0.2, 0.25) is 5.91 Å². The number of carbonyl (C=O) groups is 2. The number of rotatable bonds is 9. The van der Waals surface area contributed by atoms with Gasteiger partial charge in [-0.05, 0) is 30.0 Å². The van der Waals surface area contributed by atoms with E-state index in [-0.39, 0.29) is 12.4 Å². The maximum absolute atomic E-state index is 12.7. The van der Waals surface area contributed by atoms with E-state index in [1.807, 2.05) is 10.8 Å². The fourth-order valence-corrected chi connectivity index (χ4v) is 6.31. The van der Waals surface area contributed by atoms with Crippen LogP contribution >= 0.6 is 0 Å². The second-order valence-electron chi connectivity index (χ2n) is 10.8. The number of benzene rings is 1. The van der Waals surface area contributed by atoms with Crippen LogP contribution in [0, 0.1) is 5.92 Å². The summed E-state index contributed by atoms with van der Waals surface area (Å²) in [6, 6.07) is 8.44. The first kappa shape index (κ1) is 29.8. The first-order chi connectivity index (χ1) is 21.1. The number of amides is 3. The Hall–Kier alpha value is -4.22. The average molecular weight is 625 g/mol. The highest BCUT2D eigenvalue weighted by atomic mass is 32.2. The molecule has 1 aliphatic carbocycles. The van der Waals surface area contributed by atoms with Gasteiger partial charge in [-0.15, -0.1) is 0 Å². The zero-order chi connectivity index (χ0) is 30.8. The van der Waals surface area contributed by atoms with Crippen LogP contribution in [0.4, 0.5) is 16.3 Å². The summed E-state index contributed by atoms with van der Waals surface area (Å²) in [6.45, 7) is 3.05. The zero-order valence-electron chi connectivity index (χ0n) is 23.9. The lowest BCUT2D eigenvalue weighted by molar-refractivity contribution is -0.141. The van der Waals surface area contributed by atoms with Crippen molar-refractivity contribution in [1.29, 1.82) is 0 Å². The largest absolute Gasteiger partial charge is 0.348 e. The molecular weight excluding hydrogens is 592 g/mol. The van der Waals surface area contributed by atoms with Gasteiger partial charge in [-0.25, -0.2) is 24.5 Å². The highest BCUT2D eigenvalue weighted by Crippen LogP contribution is 2.42. The SMILES string of the molecule is CC(=O)NS(=O)(=O)NCC1OC(n2cnc3c(NC(=O)Nc4ccccc4)ncnc32)C2OC(CC3=CC(C)CC=C3)OC12. The molecule has 6 unspecified atom stereocenters. The number of hydrogen-bond acceptors (Lipinski definition) is 10. The fraction of sp³-hybridized carbons (Fsp3) is 0.393. The van der Waals surface area contributed by atoms with Crippen molar-refractivity contribution >= 4 is 44.8 Å². The number of ether oxygens (including phenoxy) is 3. The van der Waals surface area contributed by atoms with Crippen LogP contribution < -0.4 is 20.1 Å². The third kappa shape index (κ3) is 6.63. The predicted molar refractivity (Wildman–Crippen MR) is 158 cm³/mol. The van der Waals surface area contributed by atoms with Crippen LogP contribution in [0.2, 0.25) is 0 Å². The second-order valence-corrected chi connectivity index (χ2v) is 12.3. The lowest BCUT2D eigenvalue weighted by Gasteiger charge is -2.22.